The molecule has 1 aromatic rings. The van der Waals surface area contributed by atoms with Gasteiger partial charge in [0.1, 0.15) is 18.8 Å². The molecule has 9 heteroatoms. The topological polar surface area (TPSA) is 121 Å². The Morgan fingerprint density at radius 3 is 2.23 bits per heavy atom. The van der Waals surface area contributed by atoms with Gasteiger partial charge in [0.05, 0.1) is 25.4 Å². The van der Waals surface area contributed by atoms with E-state index >= 15 is 0 Å². The molecule has 0 saturated carbocycles. The Bertz CT molecular complexity index is 600. The number of hydrogen-bond acceptors (Lipinski definition) is 9. The fourth-order valence-corrected chi connectivity index (χ4v) is 2.71. The second kappa shape index (κ2) is 15.0. The largest absolute Gasteiger partial charge is 0.453 e. The van der Waals surface area contributed by atoms with Crippen LogP contribution in [0.2, 0.25) is 0 Å². The molecular formula is C21H32O9. The Morgan fingerprint density at radius 1 is 1.10 bits per heavy atom. The van der Waals surface area contributed by atoms with Gasteiger partial charge >= 0.3 is 5.97 Å². The van der Waals surface area contributed by atoms with E-state index < -0.39 is 24.3 Å². The van der Waals surface area contributed by atoms with Crippen molar-refractivity contribution in [2.24, 2.45) is 0 Å². The summed E-state index contributed by atoms with van der Waals surface area (Å²) in [6, 6.07) is 8.71. The predicted octanol–water partition coefficient (Wildman–Crippen LogP) is 0.955. The van der Waals surface area contributed by atoms with Crippen molar-refractivity contribution in [3.63, 3.8) is 0 Å². The number of esters is 1. The molecule has 0 amide bonds. The molecule has 0 radical (unpaired) electrons. The van der Waals surface area contributed by atoms with Crippen molar-refractivity contribution in [3.05, 3.63) is 35.9 Å². The Labute approximate surface area is 176 Å². The molecule has 1 aromatic carbocycles. The van der Waals surface area contributed by atoms with Crippen LogP contribution < -0.4 is 0 Å². The highest BCUT2D eigenvalue weighted by molar-refractivity contribution is 5.90. The summed E-state index contributed by atoms with van der Waals surface area (Å²) in [6.45, 7) is 7.24. The van der Waals surface area contributed by atoms with Crippen molar-refractivity contribution in [1.82, 2.24) is 0 Å². The van der Waals surface area contributed by atoms with Gasteiger partial charge in [0.2, 0.25) is 0 Å². The number of benzene rings is 1. The molecule has 2 fully saturated rings. The van der Waals surface area contributed by atoms with E-state index in [2.05, 4.69) is 0 Å². The molecule has 0 aliphatic carbocycles. The molecular weight excluding hydrogens is 396 g/mol. The molecule has 9 nitrogen and oxygen atoms in total. The van der Waals surface area contributed by atoms with Crippen molar-refractivity contribution in [2.45, 2.75) is 45.4 Å². The number of carbonyl (C=O) groups excluding carboxylic acids is 2. The van der Waals surface area contributed by atoms with Crippen LogP contribution in [0.25, 0.3) is 0 Å². The fourth-order valence-electron chi connectivity index (χ4n) is 2.71. The van der Waals surface area contributed by atoms with Crippen LogP contribution in [-0.2, 0) is 28.5 Å². The van der Waals surface area contributed by atoms with E-state index in [-0.39, 0.29) is 38.5 Å². The predicted molar refractivity (Wildman–Crippen MR) is 107 cm³/mol. The maximum Gasteiger partial charge on any atom is 0.338 e. The molecule has 2 saturated heterocycles. The van der Waals surface area contributed by atoms with Crippen LogP contribution in [0.5, 0.6) is 0 Å². The first-order valence-electron chi connectivity index (χ1n) is 9.95. The molecule has 0 unspecified atom stereocenters. The molecule has 3 atom stereocenters. The maximum absolute atomic E-state index is 11.9. The van der Waals surface area contributed by atoms with Gasteiger partial charge in [-0.15, -0.1) is 0 Å². The summed E-state index contributed by atoms with van der Waals surface area (Å²) in [7, 11) is 0. The quantitative estimate of drug-likeness (QED) is 0.483. The summed E-state index contributed by atoms with van der Waals surface area (Å²) < 4.78 is 26.0. The number of carbonyl (C=O) groups is 2. The van der Waals surface area contributed by atoms with E-state index in [1.54, 1.807) is 24.3 Å². The van der Waals surface area contributed by atoms with Gasteiger partial charge in [0.25, 0.3) is 0 Å². The lowest BCUT2D eigenvalue weighted by Crippen LogP contribution is -2.33. The number of ether oxygens (including phenoxy) is 5. The molecule has 30 heavy (non-hydrogen) atoms. The monoisotopic (exact) mass is 428 g/mol. The zero-order chi connectivity index (χ0) is 22.4. The Morgan fingerprint density at radius 2 is 1.70 bits per heavy atom. The summed E-state index contributed by atoms with van der Waals surface area (Å²) in [5, 5.41) is 15.2. The van der Waals surface area contributed by atoms with Crippen molar-refractivity contribution < 1.29 is 43.5 Å². The van der Waals surface area contributed by atoms with Crippen LogP contribution in [0.3, 0.4) is 0 Å². The molecule has 2 aliphatic rings. The molecule has 0 spiro atoms. The number of fused-ring (bicyclic) bond motifs is 1. The number of aliphatic hydroxyl groups excluding tert-OH is 2. The van der Waals surface area contributed by atoms with Gasteiger partial charge in [-0.2, -0.15) is 0 Å². The first-order valence-corrected chi connectivity index (χ1v) is 9.95. The lowest BCUT2D eigenvalue weighted by Gasteiger charge is -2.15. The first-order chi connectivity index (χ1) is 14.5. The molecule has 2 aliphatic heterocycles. The van der Waals surface area contributed by atoms with Gasteiger partial charge in [-0.05, 0) is 32.9 Å². The van der Waals surface area contributed by atoms with Crippen molar-refractivity contribution in [2.75, 3.05) is 39.6 Å². The minimum atomic E-state index is -0.571. The standard InChI is InChI=1S/C13H12O5.C6H14O2.C2H6O2/c14-9-6-16-12-10(7-17-11(9)12)18-13(15)8-4-2-1-3-5-8;1-4-7-6(3)8-5-2;3-1-2-4/h1-5,10-12H,6-7H2;6H,4-5H2,1-3H3;3-4H,1-2H2/t10-,11-,12-;;/m1../s1. The average molecular weight is 428 g/mol. The average Bonchev–Trinajstić information content (AvgIpc) is 3.33. The zero-order valence-corrected chi connectivity index (χ0v) is 17.7. The third-order valence-electron chi connectivity index (χ3n) is 4.01. The fraction of sp³-hybridized carbons (Fsp3) is 0.619. The van der Waals surface area contributed by atoms with Gasteiger partial charge in [0.15, 0.2) is 18.2 Å². The van der Waals surface area contributed by atoms with Crippen molar-refractivity contribution in [1.29, 1.82) is 0 Å². The van der Waals surface area contributed by atoms with Crippen LogP contribution >= 0.6 is 0 Å². The van der Waals surface area contributed by atoms with E-state index in [0.717, 1.165) is 13.2 Å². The summed E-state index contributed by atoms with van der Waals surface area (Å²) in [5.41, 5.74) is 0.477. The molecule has 0 bridgehead atoms. The Hall–Kier alpha value is -1.88. The second-order valence-corrected chi connectivity index (χ2v) is 6.23. The molecule has 3 rings (SSSR count). The van der Waals surface area contributed by atoms with E-state index in [0.29, 0.717) is 5.56 Å². The molecule has 2 heterocycles. The zero-order valence-electron chi connectivity index (χ0n) is 17.7. The highest BCUT2D eigenvalue weighted by Crippen LogP contribution is 2.26. The second-order valence-electron chi connectivity index (χ2n) is 6.23. The van der Waals surface area contributed by atoms with Crippen LogP contribution in [0, 0.1) is 0 Å². The SMILES string of the molecule is CCOC(C)OCC.O=C(O[C@@H]1CO[C@@H]2C(=O)CO[C@@H]21)c1ccccc1.OCCO. The highest BCUT2D eigenvalue weighted by Gasteiger charge is 2.49. The van der Waals surface area contributed by atoms with Crippen LogP contribution in [0.1, 0.15) is 31.1 Å². The summed E-state index contributed by atoms with van der Waals surface area (Å²) in [6.07, 6.45) is -1.57. The minimum absolute atomic E-state index is 0.0364. The molecule has 2 N–H and O–H groups in total. The Balaban J connectivity index is 0.000000315. The number of hydrogen-bond donors (Lipinski definition) is 2. The summed E-state index contributed by atoms with van der Waals surface area (Å²) in [4.78, 5) is 23.2. The number of Topliss-reactive ketones (excluding diaryl/α,β-unsaturated/α-hetero) is 1. The van der Waals surface area contributed by atoms with E-state index in [1.165, 1.54) is 0 Å². The van der Waals surface area contributed by atoms with E-state index in [1.807, 2.05) is 26.8 Å². The molecule has 170 valence electrons. The van der Waals surface area contributed by atoms with Crippen LogP contribution in [-0.4, -0.2) is 86.2 Å². The van der Waals surface area contributed by atoms with Gasteiger partial charge in [0, 0.05) is 13.2 Å². The summed E-state index contributed by atoms with van der Waals surface area (Å²) in [5.74, 6) is -0.508. The summed E-state index contributed by atoms with van der Waals surface area (Å²) >= 11 is 0. The van der Waals surface area contributed by atoms with Gasteiger partial charge in [-0.25, -0.2) is 4.79 Å². The third kappa shape index (κ3) is 8.86. The normalized spacial score (nSPS) is 21.9. The van der Waals surface area contributed by atoms with Gasteiger partial charge < -0.3 is 33.9 Å². The lowest BCUT2D eigenvalue weighted by atomic mass is 10.1. The van der Waals surface area contributed by atoms with Gasteiger partial charge in [-0.3, -0.25) is 4.79 Å². The highest BCUT2D eigenvalue weighted by atomic mass is 16.7. The maximum atomic E-state index is 11.9. The molecule has 0 aromatic heterocycles. The van der Waals surface area contributed by atoms with Crippen LogP contribution in [0.4, 0.5) is 0 Å². The van der Waals surface area contributed by atoms with E-state index in [4.69, 9.17) is 33.9 Å². The van der Waals surface area contributed by atoms with Crippen molar-refractivity contribution in [3.8, 4) is 0 Å². The van der Waals surface area contributed by atoms with Crippen molar-refractivity contribution >= 4 is 11.8 Å². The first kappa shape index (κ1) is 26.2. The number of ketones is 1. The third-order valence-corrected chi connectivity index (χ3v) is 4.01. The van der Waals surface area contributed by atoms with Crippen LogP contribution in [0.15, 0.2) is 30.3 Å². The lowest BCUT2D eigenvalue weighted by molar-refractivity contribution is -0.125. The number of aliphatic hydroxyl groups is 2. The smallest absolute Gasteiger partial charge is 0.338 e. The Kier molecular flexibility index (Phi) is 13.1. The van der Waals surface area contributed by atoms with Gasteiger partial charge in [-0.1, -0.05) is 18.2 Å². The number of rotatable bonds is 7. The van der Waals surface area contributed by atoms with E-state index in [9.17, 15) is 9.59 Å². The minimum Gasteiger partial charge on any atom is -0.453 e.